The molecule has 3 rings (SSSR count). The van der Waals surface area contributed by atoms with E-state index in [4.69, 9.17) is 11.6 Å². The standard InChI is InChI=1S/C18H18ClFN2O/c1-12(18(23)21-17-7-6-15(19)10-16(17)20)22-9-8-13-4-2-3-5-14(13)11-22/h2-7,10,12H,8-9,11H2,1H3,(H,21,23)/t12-/m1/s1. The van der Waals surface area contributed by atoms with Crippen molar-refractivity contribution >= 4 is 23.2 Å². The van der Waals surface area contributed by atoms with Crippen LogP contribution in [-0.2, 0) is 17.8 Å². The van der Waals surface area contributed by atoms with Gasteiger partial charge in [-0.2, -0.15) is 0 Å². The highest BCUT2D eigenvalue weighted by molar-refractivity contribution is 6.30. The number of carbonyl (C=O) groups is 1. The summed E-state index contributed by atoms with van der Waals surface area (Å²) in [6.45, 7) is 3.39. The molecule has 1 aliphatic rings. The van der Waals surface area contributed by atoms with Crippen molar-refractivity contribution in [1.82, 2.24) is 4.90 Å². The van der Waals surface area contributed by atoms with Gasteiger partial charge in [-0.15, -0.1) is 0 Å². The highest BCUT2D eigenvalue weighted by Crippen LogP contribution is 2.22. The average Bonchev–Trinajstić information content (AvgIpc) is 2.56. The molecule has 1 atom stereocenters. The van der Waals surface area contributed by atoms with E-state index in [1.165, 1.54) is 23.3 Å². The maximum atomic E-state index is 13.8. The SMILES string of the molecule is C[C@H](C(=O)Nc1ccc(Cl)cc1F)N1CCc2ccccc2C1. The van der Waals surface area contributed by atoms with E-state index < -0.39 is 5.82 Å². The molecule has 1 aliphatic heterocycles. The Kier molecular flexibility index (Phi) is 4.64. The number of anilines is 1. The Morgan fingerprint density at radius 1 is 1.26 bits per heavy atom. The van der Waals surface area contributed by atoms with Gasteiger partial charge in [-0.3, -0.25) is 9.69 Å². The summed E-state index contributed by atoms with van der Waals surface area (Å²) < 4.78 is 13.8. The van der Waals surface area contributed by atoms with Crippen LogP contribution in [0.5, 0.6) is 0 Å². The number of hydrogen-bond acceptors (Lipinski definition) is 2. The van der Waals surface area contributed by atoms with Gasteiger partial charge < -0.3 is 5.32 Å². The molecule has 23 heavy (non-hydrogen) atoms. The van der Waals surface area contributed by atoms with Crippen LogP contribution < -0.4 is 5.32 Å². The van der Waals surface area contributed by atoms with E-state index in [-0.39, 0.29) is 17.6 Å². The molecule has 5 heteroatoms. The van der Waals surface area contributed by atoms with Crippen LogP contribution in [0.1, 0.15) is 18.1 Å². The molecular formula is C18H18ClFN2O. The molecule has 1 heterocycles. The maximum absolute atomic E-state index is 13.8. The summed E-state index contributed by atoms with van der Waals surface area (Å²) in [7, 11) is 0. The topological polar surface area (TPSA) is 32.3 Å². The van der Waals surface area contributed by atoms with E-state index >= 15 is 0 Å². The number of nitrogens with zero attached hydrogens (tertiary/aromatic N) is 1. The van der Waals surface area contributed by atoms with Gasteiger partial charge in [0.05, 0.1) is 11.7 Å². The van der Waals surface area contributed by atoms with Crippen molar-refractivity contribution in [3.05, 3.63) is 64.4 Å². The van der Waals surface area contributed by atoms with Crippen molar-refractivity contribution in [1.29, 1.82) is 0 Å². The molecule has 0 aromatic heterocycles. The number of hydrogen-bond donors (Lipinski definition) is 1. The molecule has 0 unspecified atom stereocenters. The Morgan fingerprint density at radius 3 is 2.74 bits per heavy atom. The zero-order valence-corrected chi connectivity index (χ0v) is 13.6. The van der Waals surface area contributed by atoms with E-state index in [9.17, 15) is 9.18 Å². The van der Waals surface area contributed by atoms with E-state index in [2.05, 4.69) is 22.3 Å². The van der Waals surface area contributed by atoms with Crippen LogP contribution in [-0.4, -0.2) is 23.4 Å². The third kappa shape index (κ3) is 3.54. The van der Waals surface area contributed by atoms with Crippen molar-refractivity contribution in [3.63, 3.8) is 0 Å². The molecule has 1 N–H and O–H groups in total. The number of amides is 1. The Morgan fingerprint density at radius 2 is 2.00 bits per heavy atom. The minimum Gasteiger partial charge on any atom is -0.322 e. The Labute approximate surface area is 140 Å². The second-order valence-electron chi connectivity index (χ2n) is 5.78. The van der Waals surface area contributed by atoms with Gasteiger partial charge >= 0.3 is 0 Å². The van der Waals surface area contributed by atoms with Crippen molar-refractivity contribution in [2.75, 3.05) is 11.9 Å². The Bertz CT molecular complexity index is 735. The third-order valence-electron chi connectivity index (χ3n) is 4.28. The van der Waals surface area contributed by atoms with E-state index in [1.807, 2.05) is 19.1 Å². The van der Waals surface area contributed by atoms with Gasteiger partial charge in [-0.1, -0.05) is 35.9 Å². The van der Waals surface area contributed by atoms with Crippen LogP contribution in [0.25, 0.3) is 0 Å². The first-order valence-electron chi connectivity index (χ1n) is 7.61. The largest absolute Gasteiger partial charge is 0.322 e. The van der Waals surface area contributed by atoms with Crippen molar-refractivity contribution in [3.8, 4) is 0 Å². The number of carbonyl (C=O) groups excluding carboxylic acids is 1. The zero-order valence-electron chi connectivity index (χ0n) is 12.9. The summed E-state index contributed by atoms with van der Waals surface area (Å²) in [5, 5.41) is 2.95. The summed E-state index contributed by atoms with van der Waals surface area (Å²) >= 11 is 5.72. The molecule has 2 aromatic carbocycles. The second-order valence-corrected chi connectivity index (χ2v) is 6.22. The molecule has 0 saturated carbocycles. The fraction of sp³-hybridized carbons (Fsp3) is 0.278. The predicted octanol–water partition coefficient (Wildman–Crippen LogP) is 3.86. The lowest BCUT2D eigenvalue weighted by Crippen LogP contribution is -2.44. The van der Waals surface area contributed by atoms with E-state index in [1.54, 1.807) is 6.07 Å². The fourth-order valence-electron chi connectivity index (χ4n) is 2.84. The van der Waals surface area contributed by atoms with Crippen LogP contribution in [0.2, 0.25) is 5.02 Å². The van der Waals surface area contributed by atoms with E-state index in [0.717, 1.165) is 19.5 Å². The fourth-order valence-corrected chi connectivity index (χ4v) is 3.00. The smallest absolute Gasteiger partial charge is 0.241 e. The van der Waals surface area contributed by atoms with Gasteiger partial charge in [0.1, 0.15) is 5.82 Å². The minimum atomic E-state index is -0.526. The van der Waals surface area contributed by atoms with Crippen LogP contribution in [0.15, 0.2) is 42.5 Å². The lowest BCUT2D eigenvalue weighted by molar-refractivity contribution is -0.121. The second kappa shape index (κ2) is 6.69. The average molecular weight is 333 g/mol. The quantitative estimate of drug-likeness (QED) is 0.925. The predicted molar refractivity (Wildman–Crippen MR) is 90.1 cm³/mol. The zero-order chi connectivity index (χ0) is 16.4. The molecule has 0 saturated heterocycles. The first-order valence-corrected chi connectivity index (χ1v) is 7.99. The van der Waals surface area contributed by atoms with Gasteiger partial charge in [0.15, 0.2) is 0 Å². The van der Waals surface area contributed by atoms with Crippen LogP contribution >= 0.6 is 11.6 Å². The lowest BCUT2D eigenvalue weighted by atomic mass is 9.99. The molecule has 0 bridgehead atoms. The van der Waals surface area contributed by atoms with Gasteiger partial charge in [-0.05, 0) is 42.7 Å². The molecule has 2 aromatic rings. The van der Waals surface area contributed by atoms with Crippen LogP contribution in [0.4, 0.5) is 10.1 Å². The first kappa shape index (κ1) is 16.0. The van der Waals surface area contributed by atoms with Gasteiger partial charge in [0.2, 0.25) is 5.91 Å². The summed E-state index contributed by atoms with van der Waals surface area (Å²) in [6, 6.07) is 12.2. The van der Waals surface area contributed by atoms with Crippen LogP contribution in [0, 0.1) is 5.82 Å². The van der Waals surface area contributed by atoms with Crippen molar-refractivity contribution in [2.45, 2.75) is 25.9 Å². The molecule has 3 nitrogen and oxygen atoms in total. The van der Waals surface area contributed by atoms with Gasteiger partial charge in [0.25, 0.3) is 0 Å². The monoisotopic (exact) mass is 332 g/mol. The summed E-state index contributed by atoms with van der Waals surface area (Å²) in [5.41, 5.74) is 2.74. The van der Waals surface area contributed by atoms with Gasteiger partial charge in [-0.25, -0.2) is 4.39 Å². The molecular weight excluding hydrogens is 315 g/mol. The molecule has 1 amide bonds. The number of benzene rings is 2. The normalized spacial score (nSPS) is 15.8. The lowest BCUT2D eigenvalue weighted by Gasteiger charge is -2.32. The Hall–Kier alpha value is -1.91. The number of fused-ring (bicyclic) bond motifs is 1. The molecule has 120 valence electrons. The molecule has 0 spiro atoms. The number of halogens is 2. The van der Waals surface area contributed by atoms with Crippen molar-refractivity contribution in [2.24, 2.45) is 0 Å². The third-order valence-corrected chi connectivity index (χ3v) is 4.51. The number of nitrogens with one attached hydrogen (secondary N) is 1. The first-order chi connectivity index (χ1) is 11.0. The molecule has 0 aliphatic carbocycles. The Balaban J connectivity index is 1.68. The summed E-state index contributed by atoms with van der Waals surface area (Å²) in [6.07, 6.45) is 0.920. The summed E-state index contributed by atoms with van der Waals surface area (Å²) in [4.78, 5) is 14.5. The molecule has 0 fully saturated rings. The maximum Gasteiger partial charge on any atom is 0.241 e. The number of rotatable bonds is 3. The van der Waals surface area contributed by atoms with Crippen LogP contribution in [0.3, 0.4) is 0 Å². The van der Waals surface area contributed by atoms with E-state index in [0.29, 0.717) is 5.02 Å². The minimum absolute atomic E-state index is 0.156. The van der Waals surface area contributed by atoms with Gasteiger partial charge in [0, 0.05) is 18.1 Å². The molecule has 0 radical (unpaired) electrons. The highest BCUT2D eigenvalue weighted by Gasteiger charge is 2.25. The highest BCUT2D eigenvalue weighted by atomic mass is 35.5. The van der Waals surface area contributed by atoms with Crippen molar-refractivity contribution < 1.29 is 9.18 Å². The summed E-state index contributed by atoms with van der Waals surface area (Å²) in [5.74, 6) is -0.743.